The van der Waals surface area contributed by atoms with Gasteiger partial charge in [0.1, 0.15) is 36.7 Å². The zero-order chi connectivity index (χ0) is 34.8. The number of allylic oxidation sites excluding steroid dienone is 1. The average Bonchev–Trinajstić information content (AvgIpc) is 3.08. The summed E-state index contributed by atoms with van der Waals surface area (Å²) in [5.74, 6) is -3.76. The van der Waals surface area contributed by atoms with Gasteiger partial charge in [-0.2, -0.15) is 0 Å². The molecule has 258 valence electrons. The molecule has 0 bridgehead atoms. The smallest absolute Gasteiger partial charge is 0.263 e. The summed E-state index contributed by atoms with van der Waals surface area (Å²) < 4.78 is 71.0. The molecule has 3 N–H and O–H groups in total. The number of benzene rings is 3. The van der Waals surface area contributed by atoms with Crippen molar-refractivity contribution in [3.8, 4) is 23.1 Å². The van der Waals surface area contributed by atoms with Gasteiger partial charge in [-0.1, -0.05) is 0 Å². The van der Waals surface area contributed by atoms with Crippen LogP contribution in [0.3, 0.4) is 0 Å². The van der Waals surface area contributed by atoms with E-state index >= 15 is 4.39 Å². The number of rotatable bonds is 14. The van der Waals surface area contributed by atoms with Crippen LogP contribution >= 0.6 is 0 Å². The third kappa shape index (κ3) is 8.94. The lowest BCUT2D eigenvalue weighted by atomic mass is 10.0. The molecule has 1 aliphatic rings. The zero-order valence-electron chi connectivity index (χ0n) is 26.7. The van der Waals surface area contributed by atoms with Crippen LogP contribution < -0.4 is 30.2 Å². The molecule has 0 aliphatic carbocycles. The van der Waals surface area contributed by atoms with E-state index in [1.807, 2.05) is 0 Å². The van der Waals surface area contributed by atoms with Crippen molar-refractivity contribution in [1.29, 1.82) is 0 Å². The predicted octanol–water partition coefficient (Wildman–Crippen LogP) is 5.49. The molecular weight excluding hydrogens is 647 g/mol. The van der Waals surface area contributed by atoms with E-state index in [0.29, 0.717) is 60.7 Å². The number of ether oxygens (including phenoxy) is 5. The van der Waals surface area contributed by atoms with Crippen molar-refractivity contribution in [1.82, 2.24) is 15.3 Å². The van der Waals surface area contributed by atoms with Gasteiger partial charge >= 0.3 is 0 Å². The Labute approximate surface area is 279 Å². The molecule has 2 amide bonds. The van der Waals surface area contributed by atoms with Crippen LogP contribution in [0.1, 0.15) is 19.3 Å². The number of anilines is 2. The van der Waals surface area contributed by atoms with Crippen LogP contribution in [0.2, 0.25) is 0 Å². The largest absolute Gasteiger partial charge is 0.487 e. The first-order chi connectivity index (χ1) is 23.8. The van der Waals surface area contributed by atoms with Crippen LogP contribution in [0.4, 0.5) is 24.5 Å². The maximum atomic E-state index is 15.4. The Morgan fingerprint density at radius 2 is 1.53 bits per heavy atom. The molecule has 1 saturated heterocycles. The number of piperidine rings is 1. The van der Waals surface area contributed by atoms with Gasteiger partial charge in [0.15, 0.2) is 23.1 Å². The number of hydrogen-bond donors (Lipinski definition) is 3. The second-order valence-electron chi connectivity index (χ2n) is 10.7. The van der Waals surface area contributed by atoms with E-state index in [0.717, 1.165) is 30.7 Å². The maximum absolute atomic E-state index is 15.4. The Hall–Kier alpha value is -5.41. The Morgan fingerprint density at radius 1 is 0.796 bits per heavy atom. The van der Waals surface area contributed by atoms with E-state index in [1.54, 1.807) is 26.4 Å². The van der Waals surface area contributed by atoms with Crippen molar-refractivity contribution in [2.45, 2.75) is 19.3 Å². The predicted molar refractivity (Wildman–Crippen MR) is 173 cm³/mol. The fraction of sp³-hybridized carbons (Fsp3) is 0.294. The molecule has 0 spiro atoms. The SMILES string of the molecule is COCCOc1cc2ncnc(Oc3ccc(NC(=O)/C(C(=O)Nc4cc(F)ccc4F)=C4\CCCCN4)cc3F)c2cc1OCCOC. The van der Waals surface area contributed by atoms with Gasteiger partial charge in [-0.15, -0.1) is 0 Å². The summed E-state index contributed by atoms with van der Waals surface area (Å²) in [5.41, 5.74) is -0.000553. The number of carbonyl (C=O) groups is 2. The molecule has 12 nitrogen and oxygen atoms in total. The number of amides is 2. The highest BCUT2D eigenvalue weighted by Crippen LogP contribution is 2.37. The molecule has 1 fully saturated rings. The summed E-state index contributed by atoms with van der Waals surface area (Å²) in [4.78, 5) is 35.1. The van der Waals surface area contributed by atoms with Crippen molar-refractivity contribution < 1.29 is 46.4 Å². The fourth-order valence-electron chi connectivity index (χ4n) is 4.90. The number of methoxy groups -OCH3 is 2. The van der Waals surface area contributed by atoms with Crippen LogP contribution in [0.25, 0.3) is 10.9 Å². The second-order valence-corrected chi connectivity index (χ2v) is 10.7. The highest BCUT2D eigenvalue weighted by molar-refractivity contribution is 6.26. The minimum atomic E-state index is -0.958. The van der Waals surface area contributed by atoms with Crippen molar-refractivity contribution in [2.24, 2.45) is 0 Å². The lowest BCUT2D eigenvalue weighted by Gasteiger charge is -2.21. The zero-order valence-corrected chi connectivity index (χ0v) is 26.7. The lowest BCUT2D eigenvalue weighted by Crippen LogP contribution is -2.32. The van der Waals surface area contributed by atoms with Gasteiger partial charge in [-0.3, -0.25) is 9.59 Å². The van der Waals surface area contributed by atoms with Crippen LogP contribution in [0, 0.1) is 17.5 Å². The highest BCUT2D eigenvalue weighted by Gasteiger charge is 2.26. The van der Waals surface area contributed by atoms with Gasteiger partial charge < -0.3 is 39.6 Å². The molecule has 3 aromatic carbocycles. The molecule has 0 radical (unpaired) electrons. The molecule has 2 heterocycles. The minimum Gasteiger partial charge on any atom is -0.487 e. The molecule has 5 rings (SSSR count). The van der Waals surface area contributed by atoms with Crippen molar-refractivity contribution in [3.63, 3.8) is 0 Å². The van der Waals surface area contributed by atoms with E-state index in [-0.39, 0.29) is 36.1 Å². The van der Waals surface area contributed by atoms with E-state index in [1.165, 1.54) is 18.5 Å². The number of halogens is 3. The number of hydrogen-bond acceptors (Lipinski definition) is 10. The summed E-state index contributed by atoms with van der Waals surface area (Å²) in [6.07, 6.45) is 3.14. The average molecular weight is 682 g/mol. The monoisotopic (exact) mass is 681 g/mol. The van der Waals surface area contributed by atoms with Gasteiger partial charge in [0, 0.05) is 50.3 Å². The van der Waals surface area contributed by atoms with E-state index < -0.39 is 35.0 Å². The van der Waals surface area contributed by atoms with E-state index in [9.17, 15) is 18.4 Å². The molecule has 0 atom stereocenters. The summed E-state index contributed by atoms with van der Waals surface area (Å²) in [6.45, 7) is 1.67. The molecule has 1 aliphatic heterocycles. The molecule has 49 heavy (non-hydrogen) atoms. The Kier molecular flexibility index (Phi) is 11.8. The van der Waals surface area contributed by atoms with Crippen LogP contribution in [-0.4, -0.2) is 69.0 Å². The summed E-state index contributed by atoms with van der Waals surface area (Å²) in [6, 6.07) is 9.50. The summed E-state index contributed by atoms with van der Waals surface area (Å²) in [5, 5.41) is 8.22. The van der Waals surface area contributed by atoms with Gasteiger partial charge in [0.2, 0.25) is 5.88 Å². The Balaban J connectivity index is 1.37. The quantitative estimate of drug-likeness (QED) is 0.0677. The number of aromatic nitrogens is 2. The van der Waals surface area contributed by atoms with Gasteiger partial charge in [0.05, 0.1) is 29.8 Å². The van der Waals surface area contributed by atoms with Crippen molar-refractivity contribution >= 4 is 34.1 Å². The van der Waals surface area contributed by atoms with Gasteiger partial charge in [-0.05, 0) is 49.6 Å². The first-order valence-corrected chi connectivity index (χ1v) is 15.3. The third-order valence-electron chi connectivity index (χ3n) is 7.28. The third-order valence-corrected chi connectivity index (χ3v) is 7.28. The van der Waals surface area contributed by atoms with Crippen molar-refractivity contribution in [2.75, 3.05) is 57.8 Å². The standard InChI is InChI=1S/C34H34F3N5O7/c1-45-11-13-47-29-17-22-26(18-30(29)48-14-12-46-2)39-19-40-34(22)49-28-9-7-21(16-24(28)37)41-32(43)31(25-5-3-4-10-38-25)33(44)42-27-15-20(35)6-8-23(27)36/h6-9,15-19,38H,3-5,10-14H2,1-2H3,(H,41,43)(H,42,44)/b31-25-. The molecular formula is C34H34F3N5O7. The summed E-state index contributed by atoms with van der Waals surface area (Å²) in [7, 11) is 3.10. The molecule has 0 saturated carbocycles. The molecule has 4 aromatic rings. The molecule has 15 heteroatoms. The van der Waals surface area contributed by atoms with Crippen molar-refractivity contribution in [3.05, 3.63) is 83.6 Å². The van der Waals surface area contributed by atoms with Gasteiger partial charge in [-0.25, -0.2) is 23.1 Å². The molecule has 1 aromatic heterocycles. The van der Waals surface area contributed by atoms with Crippen LogP contribution in [-0.2, 0) is 19.1 Å². The number of nitrogens with one attached hydrogen (secondary N) is 3. The second kappa shape index (κ2) is 16.6. The van der Waals surface area contributed by atoms with E-state index in [2.05, 4.69) is 25.9 Å². The first-order valence-electron chi connectivity index (χ1n) is 15.3. The van der Waals surface area contributed by atoms with Crippen LogP contribution in [0.15, 0.2) is 66.1 Å². The Bertz CT molecular complexity index is 1850. The highest BCUT2D eigenvalue weighted by atomic mass is 19.1. The normalized spacial score (nSPS) is 13.7. The number of carbonyl (C=O) groups excluding carboxylic acids is 2. The number of nitrogens with zero attached hydrogens (tertiary/aromatic N) is 2. The lowest BCUT2D eigenvalue weighted by molar-refractivity contribution is -0.118. The number of fused-ring (bicyclic) bond motifs is 1. The Morgan fingerprint density at radius 3 is 2.22 bits per heavy atom. The maximum Gasteiger partial charge on any atom is 0.263 e. The van der Waals surface area contributed by atoms with Crippen LogP contribution in [0.5, 0.6) is 23.1 Å². The topological polar surface area (TPSA) is 142 Å². The first kappa shape index (κ1) is 34.9. The van der Waals surface area contributed by atoms with E-state index in [4.69, 9.17) is 23.7 Å². The molecule has 0 unspecified atom stereocenters. The summed E-state index contributed by atoms with van der Waals surface area (Å²) >= 11 is 0. The van der Waals surface area contributed by atoms with Gasteiger partial charge in [0.25, 0.3) is 11.8 Å². The minimum absolute atomic E-state index is 0.00715. The fourth-order valence-corrected chi connectivity index (χ4v) is 4.90.